The van der Waals surface area contributed by atoms with E-state index in [9.17, 15) is 0 Å². The average Bonchev–Trinajstić information content (AvgIpc) is 2.50. The van der Waals surface area contributed by atoms with Gasteiger partial charge in [-0.2, -0.15) is 0 Å². The second-order valence-electron chi connectivity index (χ2n) is 5.65. The lowest BCUT2D eigenvalue weighted by molar-refractivity contribution is 0.196. The Morgan fingerprint density at radius 2 is 1.95 bits per heavy atom. The Morgan fingerprint density at radius 3 is 2.60 bits per heavy atom. The highest BCUT2D eigenvalue weighted by Crippen LogP contribution is 2.27. The molecule has 0 amide bonds. The Bertz CT molecular complexity index is 581. The predicted octanol–water partition coefficient (Wildman–Crippen LogP) is 1.94. The Morgan fingerprint density at radius 1 is 1.05 bits per heavy atom. The first-order valence-electron chi connectivity index (χ1n) is 7.27. The van der Waals surface area contributed by atoms with E-state index in [-0.39, 0.29) is 0 Å². The second-order valence-corrected chi connectivity index (χ2v) is 5.65. The van der Waals surface area contributed by atoms with Gasteiger partial charge in [-0.1, -0.05) is 30.3 Å². The fraction of sp³-hybridized carbons (Fsp3) is 0.375. The summed E-state index contributed by atoms with van der Waals surface area (Å²) in [7, 11) is 0. The van der Waals surface area contributed by atoms with Crippen LogP contribution in [0.1, 0.15) is 6.42 Å². The highest BCUT2D eigenvalue weighted by Gasteiger charge is 2.35. The van der Waals surface area contributed by atoms with Gasteiger partial charge < -0.3 is 10.2 Å². The molecule has 3 heterocycles. The summed E-state index contributed by atoms with van der Waals surface area (Å²) in [4.78, 5) is 2.34. The third kappa shape index (κ3) is 2.06. The molecule has 20 heavy (non-hydrogen) atoms. The van der Waals surface area contributed by atoms with Crippen molar-refractivity contribution in [3.63, 3.8) is 0 Å². The topological polar surface area (TPSA) is 41.0 Å². The number of nitrogens with zero attached hydrogens (tertiary/aromatic N) is 3. The fourth-order valence-electron chi connectivity index (χ4n) is 3.08. The van der Waals surface area contributed by atoms with Gasteiger partial charge in [0.1, 0.15) is 0 Å². The molecule has 2 aliphatic heterocycles. The summed E-state index contributed by atoms with van der Waals surface area (Å²) in [6.45, 7) is 3.35. The van der Waals surface area contributed by atoms with Gasteiger partial charge in [0, 0.05) is 24.7 Å². The number of fused-ring (bicyclic) bond motifs is 1. The molecule has 1 N–H and O–H groups in total. The van der Waals surface area contributed by atoms with Crippen LogP contribution >= 0.6 is 0 Å². The minimum absolute atomic E-state index is 0.652. The molecular formula is C16H18N4. The number of anilines is 1. The van der Waals surface area contributed by atoms with Crippen LogP contribution in [0.4, 0.5) is 5.82 Å². The van der Waals surface area contributed by atoms with E-state index in [0.717, 1.165) is 36.1 Å². The van der Waals surface area contributed by atoms with Crippen LogP contribution in [0.15, 0.2) is 42.5 Å². The first-order valence-corrected chi connectivity index (χ1v) is 7.27. The maximum absolute atomic E-state index is 4.41. The highest BCUT2D eigenvalue weighted by atomic mass is 15.3. The zero-order valence-electron chi connectivity index (χ0n) is 11.4. The molecular weight excluding hydrogens is 248 g/mol. The largest absolute Gasteiger partial charge is 0.354 e. The lowest BCUT2D eigenvalue weighted by atomic mass is 9.85. The molecule has 2 unspecified atom stereocenters. The fourth-order valence-corrected chi connectivity index (χ4v) is 3.08. The van der Waals surface area contributed by atoms with Crippen LogP contribution in [0.25, 0.3) is 11.3 Å². The van der Waals surface area contributed by atoms with E-state index in [1.54, 1.807) is 0 Å². The number of benzene rings is 1. The van der Waals surface area contributed by atoms with Crippen molar-refractivity contribution in [2.24, 2.45) is 5.92 Å². The van der Waals surface area contributed by atoms with Gasteiger partial charge in [-0.05, 0) is 31.0 Å². The molecule has 2 fully saturated rings. The van der Waals surface area contributed by atoms with Crippen LogP contribution in [-0.2, 0) is 0 Å². The van der Waals surface area contributed by atoms with Crippen molar-refractivity contribution >= 4 is 5.82 Å². The van der Waals surface area contributed by atoms with Crippen LogP contribution in [0.3, 0.4) is 0 Å². The summed E-state index contributed by atoms with van der Waals surface area (Å²) < 4.78 is 0. The Kier molecular flexibility index (Phi) is 2.89. The Labute approximate surface area is 118 Å². The molecule has 0 spiro atoms. The number of piperidine rings is 1. The predicted molar refractivity (Wildman–Crippen MR) is 79.6 cm³/mol. The molecule has 2 aliphatic rings. The van der Waals surface area contributed by atoms with Crippen molar-refractivity contribution < 1.29 is 0 Å². The SMILES string of the molecule is c1ccc(-c2ccc(N3CCC4CNC4C3)nn2)cc1. The standard InChI is InChI=1S/C16H18N4/c1-2-4-12(5-3-1)14-6-7-16(19-18-14)20-9-8-13-10-17-15(13)11-20/h1-7,13,15,17H,8-11H2. The van der Waals surface area contributed by atoms with E-state index in [1.165, 1.54) is 13.0 Å². The molecule has 2 atom stereocenters. The number of aromatic nitrogens is 2. The molecule has 0 radical (unpaired) electrons. The molecule has 2 aromatic rings. The average molecular weight is 266 g/mol. The molecule has 0 aliphatic carbocycles. The van der Waals surface area contributed by atoms with Gasteiger partial charge in [-0.25, -0.2) is 0 Å². The van der Waals surface area contributed by atoms with Crippen molar-refractivity contribution in [3.05, 3.63) is 42.5 Å². The Balaban J connectivity index is 1.52. The molecule has 1 aromatic carbocycles. The molecule has 4 heteroatoms. The normalized spacial score (nSPS) is 24.9. The van der Waals surface area contributed by atoms with Gasteiger partial charge >= 0.3 is 0 Å². The van der Waals surface area contributed by atoms with Gasteiger partial charge in [-0.15, -0.1) is 10.2 Å². The van der Waals surface area contributed by atoms with Crippen LogP contribution in [-0.4, -0.2) is 35.9 Å². The second kappa shape index (κ2) is 4.87. The van der Waals surface area contributed by atoms with Crippen molar-refractivity contribution in [3.8, 4) is 11.3 Å². The van der Waals surface area contributed by atoms with Gasteiger partial charge in [0.15, 0.2) is 5.82 Å². The molecule has 0 bridgehead atoms. The van der Waals surface area contributed by atoms with E-state index in [4.69, 9.17) is 0 Å². The van der Waals surface area contributed by atoms with Crippen LogP contribution in [0.2, 0.25) is 0 Å². The van der Waals surface area contributed by atoms with Crippen molar-refractivity contribution in [1.29, 1.82) is 0 Å². The first-order chi connectivity index (χ1) is 9.90. The molecule has 102 valence electrons. The van der Waals surface area contributed by atoms with Gasteiger partial charge in [0.25, 0.3) is 0 Å². The maximum atomic E-state index is 4.41. The summed E-state index contributed by atoms with van der Waals surface area (Å²) in [5.74, 6) is 1.87. The number of nitrogens with one attached hydrogen (secondary N) is 1. The third-order valence-corrected chi connectivity index (χ3v) is 4.44. The monoisotopic (exact) mass is 266 g/mol. The van der Waals surface area contributed by atoms with Crippen molar-refractivity contribution in [2.75, 3.05) is 24.5 Å². The summed E-state index contributed by atoms with van der Waals surface area (Å²) in [5.41, 5.74) is 2.05. The lowest BCUT2D eigenvalue weighted by Crippen LogP contribution is -2.62. The van der Waals surface area contributed by atoms with Crippen LogP contribution in [0.5, 0.6) is 0 Å². The van der Waals surface area contributed by atoms with Crippen LogP contribution < -0.4 is 10.2 Å². The molecule has 0 saturated carbocycles. The third-order valence-electron chi connectivity index (χ3n) is 4.44. The molecule has 2 saturated heterocycles. The highest BCUT2D eigenvalue weighted by molar-refractivity contribution is 5.59. The number of hydrogen-bond donors (Lipinski definition) is 1. The maximum Gasteiger partial charge on any atom is 0.151 e. The van der Waals surface area contributed by atoms with E-state index in [0.29, 0.717) is 6.04 Å². The molecule has 1 aromatic heterocycles. The minimum atomic E-state index is 0.652. The number of rotatable bonds is 2. The molecule has 4 nitrogen and oxygen atoms in total. The quantitative estimate of drug-likeness (QED) is 0.902. The summed E-state index contributed by atoms with van der Waals surface area (Å²) in [6, 6.07) is 15.0. The smallest absolute Gasteiger partial charge is 0.151 e. The van der Waals surface area contributed by atoms with Gasteiger partial charge in [-0.3, -0.25) is 0 Å². The summed E-state index contributed by atoms with van der Waals surface area (Å²) in [5, 5.41) is 12.3. The van der Waals surface area contributed by atoms with E-state index in [1.807, 2.05) is 18.2 Å². The summed E-state index contributed by atoms with van der Waals surface area (Å²) in [6.07, 6.45) is 1.26. The molecule has 4 rings (SSSR count). The van der Waals surface area contributed by atoms with Crippen molar-refractivity contribution in [1.82, 2.24) is 15.5 Å². The van der Waals surface area contributed by atoms with E-state index >= 15 is 0 Å². The first kappa shape index (κ1) is 11.9. The van der Waals surface area contributed by atoms with Crippen molar-refractivity contribution in [2.45, 2.75) is 12.5 Å². The zero-order valence-corrected chi connectivity index (χ0v) is 11.4. The van der Waals surface area contributed by atoms with E-state index in [2.05, 4.69) is 44.7 Å². The van der Waals surface area contributed by atoms with Gasteiger partial charge in [0.05, 0.1) is 5.69 Å². The summed E-state index contributed by atoms with van der Waals surface area (Å²) >= 11 is 0. The van der Waals surface area contributed by atoms with Gasteiger partial charge in [0.2, 0.25) is 0 Å². The zero-order chi connectivity index (χ0) is 13.4. The van der Waals surface area contributed by atoms with E-state index < -0.39 is 0 Å². The minimum Gasteiger partial charge on any atom is -0.354 e. The van der Waals surface area contributed by atoms with Crippen LogP contribution in [0, 0.1) is 5.92 Å². The lowest BCUT2D eigenvalue weighted by Gasteiger charge is -2.46. The Hall–Kier alpha value is -1.94. The number of hydrogen-bond acceptors (Lipinski definition) is 4.